The van der Waals surface area contributed by atoms with Gasteiger partial charge in [-0.15, -0.1) is 0 Å². The average molecular weight is 334 g/mol. The molecule has 0 atom stereocenters. The molecule has 2 rings (SSSR count). The van der Waals surface area contributed by atoms with Gasteiger partial charge in [0.1, 0.15) is 10.4 Å². The van der Waals surface area contributed by atoms with E-state index in [1.54, 1.807) is 10.7 Å². The van der Waals surface area contributed by atoms with Crippen molar-refractivity contribution in [3.63, 3.8) is 0 Å². The summed E-state index contributed by atoms with van der Waals surface area (Å²) >= 11 is 9.19. The lowest BCUT2D eigenvalue weighted by atomic mass is 10.2. The molecule has 1 aromatic carbocycles. The maximum absolute atomic E-state index is 13.1. The van der Waals surface area contributed by atoms with Gasteiger partial charge >= 0.3 is 0 Å². The third kappa shape index (κ3) is 2.43. The van der Waals surface area contributed by atoms with E-state index in [0.717, 1.165) is 15.9 Å². The topological polar surface area (TPSA) is 38.0 Å². The average Bonchev–Trinajstić information content (AvgIpc) is 2.61. The van der Waals surface area contributed by atoms with Crippen LogP contribution in [0.5, 0.6) is 0 Å². The molecule has 3 nitrogen and oxygen atoms in total. The first-order valence-corrected chi connectivity index (χ1v) is 6.52. The summed E-state index contributed by atoms with van der Waals surface area (Å²) in [4.78, 5) is 0. The van der Waals surface area contributed by atoms with Crippen LogP contribution in [0.3, 0.4) is 0 Å². The van der Waals surface area contributed by atoms with Crippen molar-refractivity contribution >= 4 is 27.5 Å². The molecule has 0 aliphatic heterocycles. The lowest BCUT2D eigenvalue weighted by Crippen LogP contribution is -1.98. The van der Waals surface area contributed by atoms with Crippen molar-refractivity contribution in [3.05, 3.63) is 44.9 Å². The second kappa shape index (κ2) is 5.38. The quantitative estimate of drug-likeness (QED) is 0.936. The number of hydrogen-bond acceptors (Lipinski definition) is 2. The maximum Gasteiger partial charge on any atom is 0.141 e. The van der Waals surface area contributed by atoms with Crippen LogP contribution in [0.1, 0.15) is 11.3 Å². The monoisotopic (exact) mass is 332 g/mol. The molecule has 0 bridgehead atoms. The molecule has 1 N–H and O–H groups in total. The van der Waals surface area contributed by atoms with Gasteiger partial charge in [0.05, 0.1) is 16.4 Å². The lowest BCUT2D eigenvalue weighted by molar-refractivity contribution is 0.299. The fraction of sp³-hybridized carbons (Fsp3) is 0.250. The van der Waals surface area contributed by atoms with Gasteiger partial charge in [-0.25, -0.2) is 9.07 Å². The Labute approximate surface area is 117 Å². The number of aromatic nitrogens is 2. The Kier molecular flexibility index (Phi) is 4.04. The van der Waals surface area contributed by atoms with Crippen molar-refractivity contribution in [1.29, 1.82) is 0 Å². The minimum absolute atomic E-state index is 0.0509. The summed E-state index contributed by atoms with van der Waals surface area (Å²) in [6, 6.07) is 4.41. The van der Waals surface area contributed by atoms with E-state index in [4.69, 9.17) is 16.7 Å². The van der Waals surface area contributed by atoms with Gasteiger partial charge in [-0.1, -0.05) is 11.6 Å². The maximum atomic E-state index is 13.1. The largest absolute Gasteiger partial charge is 0.396 e. The van der Waals surface area contributed by atoms with E-state index in [2.05, 4.69) is 21.0 Å². The van der Waals surface area contributed by atoms with Crippen LogP contribution in [0, 0.1) is 12.7 Å². The van der Waals surface area contributed by atoms with Gasteiger partial charge in [0.25, 0.3) is 0 Å². The first-order chi connectivity index (χ1) is 8.54. The molecule has 0 amide bonds. The summed E-state index contributed by atoms with van der Waals surface area (Å²) in [5.41, 5.74) is 2.41. The number of benzene rings is 1. The highest BCUT2D eigenvalue weighted by atomic mass is 79.9. The van der Waals surface area contributed by atoms with E-state index >= 15 is 0 Å². The van der Waals surface area contributed by atoms with Crippen LogP contribution >= 0.6 is 27.5 Å². The van der Waals surface area contributed by atoms with Crippen molar-refractivity contribution < 1.29 is 9.50 Å². The standard InChI is InChI=1S/C12H11BrClFN2O/c1-7-9(4-5-18)12(13)17(16-7)8-2-3-11(15)10(14)6-8/h2-3,6,18H,4-5H2,1H3. The van der Waals surface area contributed by atoms with Crippen LogP contribution in [0.25, 0.3) is 5.69 Å². The molecular formula is C12H11BrClFN2O. The van der Waals surface area contributed by atoms with Gasteiger partial charge in [0.2, 0.25) is 0 Å². The smallest absolute Gasteiger partial charge is 0.141 e. The van der Waals surface area contributed by atoms with Crippen molar-refractivity contribution in [1.82, 2.24) is 9.78 Å². The highest BCUT2D eigenvalue weighted by Gasteiger charge is 2.14. The highest BCUT2D eigenvalue weighted by Crippen LogP contribution is 2.26. The third-order valence-electron chi connectivity index (χ3n) is 2.63. The Hall–Kier alpha value is -0.910. The van der Waals surface area contributed by atoms with Crippen molar-refractivity contribution in [2.75, 3.05) is 6.61 Å². The van der Waals surface area contributed by atoms with E-state index < -0.39 is 5.82 Å². The molecule has 1 aromatic heterocycles. The zero-order chi connectivity index (χ0) is 13.3. The number of aryl methyl sites for hydroxylation is 1. The molecule has 18 heavy (non-hydrogen) atoms. The molecule has 0 unspecified atom stereocenters. The normalized spacial score (nSPS) is 10.9. The highest BCUT2D eigenvalue weighted by molar-refractivity contribution is 9.10. The summed E-state index contributed by atoms with van der Waals surface area (Å²) in [6.45, 7) is 1.91. The number of rotatable bonds is 3. The summed E-state index contributed by atoms with van der Waals surface area (Å²) in [5.74, 6) is -0.462. The minimum Gasteiger partial charge on any atom is -0.396 e. The molecule has 6 heteroatoms. The summed E-state index contributed by atoms with van der Waals surface area (Å²) in [5, 5.41) is 13.4. The van der Waals surface area contributed by atoms with Crippen LogP contribution < -0.4 is 0 Å². The van der Waals surface area contributed by atoms with Crippen LogP contribution in [-0.4, -0.2) is 21.5 Å². The zero-order valence-electron chi connectivity index (χ0n) is 9.62. The van der Waals surface area contributed by atoms with Crippen LogP contribution in [-0.2, 0) is 6.42 Å². The third-order valence-corrected chi connectivity index (χ3v) is 3.74. The Morgan fingerprint density at radius 2 is 2.22 bits per heavy atom. The molecule has 96 valence electrons. The Balaban J connectivity index is 2.50. The van der Waals surface area contributed by atoms with Crippen molar-refractivity contribution in [3.8, 4) is 5.69 Å². The first kappa shape index (κ1) is 13.5. The molecule has 0 saturated carbocycles. The van der Waals surface area contributed by atoms with Gasteiger partial charge in [-0.2, -0.15) is 5.10 Å². The molecule has 0 radical (unpaired) electrons. The first-order valence-electron chi connectivity index (χ1n) is 5.35. The second-order valence-corrected chi connectivity index (χ2v) is 5.00. The Bertz CT molecular complexity index is 586. The van der Waals surface area contributed by atoms with Gasteiger partial charge in [0.15, 0.2) is 0 Å². The molecule has 0 aliphatic carbocycles. The van der Waals surface area contributed by atoms with Gasteiger partial charge < -0.3 is 5.11 Å². The van der Waals surface area contributed by atoms with E-state index in [-0.39, 0.29) is 11.6 Å². The molecule has 0 aliphatic rings. The summed E-state index contributed by atoms with van der Waals surface area (Å²) < 4.78 is 15.5. The van der Waals surface area contributed by atoms with Gasteiger partial charge in [-0.3, -0.25) is 0 Å². The van der Waals surface area contributed by atoms with Crippen LogP contribution in [0.2, 0.25) is 5.02 Å². The molecule has 2 aromatic rings. The van der Waals surface area contributed by atoms with Crippen molar-refractivity contribution in [2.24, 2.45) is 0 Å². The number of halogens is 3. The van der Waals surface area contributed by atoms with Gasteiger partial charge in [0, 0.05) is 18.6 Å². The molecule has 1 heterocycles. The van der Waals surface area contributed by atoms with Gasteiger partial charge in [-0.05, 0) is 41.1 Å². The van der Waals surface area contributed by atoms with Crippen LogP contribution in [0.4, 0.5) is 4.39 Å². The van der Waals surface area contributed by atoms with Crippen molar-refractivity contribution in [2.45, 2.75) is 13.3 Å². The molecular weight excluding hydrogens is 323 g/mol. The summed E-state index contributed by atoms with van der Waals surface area (Å²) in [7, 11) is 0. The SMILES string of the molecule is Cc1nn(-c2ccc(F)c(Cl)c2)c(Br)c1CCO. The number of aliphatic hydroxyl groups excluding tert-OH is 1. The van der Waals surface area contributed by atoms with E-state index in [1.165, 1.54) is 12.1 Å². The molecule has 0 saturated heterocycles. The van der Waals surface area contributed by atoms with E-state index in [0.29, 0.717) is 12.1 Å². The van der Waals surface area contributed by atoms with E-state index in [1.807, 2.05) is 6.92 Å². The fourth-order valence-electron chi connectivity index (χ4n) is 1.72. The number of aliphatic hydroxyl groups is 1. The predicted molar refractivity (Wildman–Crippen MR) is 71.8 cm³/mol. The zero-order valence-corrected chi connectivity index (χ0v) is 12.0. The molecule has 0 spiro atoms. The molecule has 0 fully saturated rings. The predicted octanol–water partition coefficient (Wildman–Crippen LogP) is 3.27. The Morgan fingerprint density at radius 1 is 1.50 bits per heavy atom. The number of nitrogens with zero attached hydrogens (tertiary/aromatic N) is 2. The van der Waals surface area contributed by atoms with Crippen LogP contribution in [0.15, 0.2) is 22.8 Å². The Morgan fingerprint density at radius 3 is 2.83 bits per heavy atom. The lowest BCUT2D eigenvalue weighted by Gasteiger charge is -2.05. The summed E-state index contributed by atoms with van der Waals surface area (Å²) in [6.07, 6.45) is 0.515. The fourth-order valence-corrected chi connectivity index (χ4v) is 2.66. The second-order valence-electron chi connectivity index (χ2n) is 3.84. The number of hydrogen-bond donors (Lipinski definition) is 1. The van der Waals surface area contributed by atoms with E-state index in [9.17, 15) is 4.39 Å². The minimum atomic E-state index is -0.462.